The lowest BCUT2D eigenvalue weighted by Crippen LogP contribution is -2.26. The molecular formula is C29H31N3O3. The van der Waals surface area contributed by atoms with Gasteiger partial charge in [0.15, 0.2) is 0 Å². The van der Waals surface area contributed by atoms with Gasteiger partial charge in [0, 0.05) is 24.6 Å². The van der Waals surface area contributed by atoms with Crippen LogP contribution in [0.15, 0.2) is 66.7 Å². The number of hydrogen-bond donors (Lipinski definition) is 1. The molecule has 1 aliphatic heterocycles. The molecule has 5 rings (SSSR count). The van der Waals surface area contributed by atoms with Gasteiger partial charge in [-0.05, 0) is 62.2 Å². The summed E-state index contributed by atoms with van der Waals surface area (Å²) >= 11 is 0. The number of anilines is 1. The maximum atomic E-state index is 12.9. The average molecular weight is 470 g/mol. The Morgan fingerprint density at radius 2 is 1.80 bits per heavy atom. The van der Waals surface area contributed by atoms with E-state index in [1.54, 1.807) is 0 Å². The van der Waals surface area contributed by atoms with Gasteiger partial charge >= 0.3 is 0 Å². The van der Waals surface area contributed by atoms with Gasteiger partial charge in [-0.25, -0.2) is 4.98 Å². The van der Waals surface area contributed by atoms with E-state index in [1.165, 1.54) is 0 Å². The smallest absolute Gasteiger partial charge is 0.227 e. The number of nitrogens with zero attached hydrogens (tertiary/aromatic N) is 3. The van der Waals surface area contributed by atoms with Gasteiger partial charge in [-0.3, -0.25) is 4.79 Å². The number of carbonyl (C=O) groups is 1. The van der Waals surface area contributed by atoms with E-state index in [2.05, 4.69) is 4.57 Å². The Labute approximate surface area is 205 Å². The molecule has 4 aromatic rings. The van der Waals surface area contributed by atoms with Crippen molar-refractivity contribution in [3.63, 3.8) is 0 Å². The largest absolute Gasteiger partial charge is 0.491 e. The Hall–Kier alpha value is -3.64. The van der Waals surface area contributed by atoms with Crippen molar-refractivity contribution in [2.75, 3.05) is 18.1 Å². The van der Waals surface area contributed by atoms with E-state index in [0.29, 0.717) is 19.5 Å². The first-order chi connectivity index (χ1) is 16.9. The zero-order valence-electron chi connectivity index (χ0n) is 20.4. The fourth-order valence-corrected chi connectivity index (χ4v) is 4.78. The number of fused-ring (bicyclic) bond motifs is 1. The van der Waals surface area contributed by atoms with E-state index in [9.17, 15) is 9.90 Å². The molecule has 0 unspecified atom stereocenters. The molecule has 0 radical (unpaired) electrons. The summed E-state index contributed by atoms with van der Waals surface area (Å²) in [4.78, 5) is 19.7. The fourth-order valence-electron chi connectivity index (χ4n) is 4.78. The summed E-state index contributed by atoms with van der Waals surface area (Å²) in [5, 5.41) is 10.9. The predicted octanol–water partition coefficient (Wildman–Crippen LogP) is 4.92. The average Bonchev–Trinajstić information content (AvgIpc) is 3.41. The van der Waals surface area contributed by atoms with E-state index >= 15 is 0 Å². The SMILES string of the molecule is Cc1ccc(N2C[C@@H](c3nc4ccccc4n3C[C@H](O)COc3cccc(C)c3C)CC2=O)cc1. The third kappa shape index (κ3) is 4.66. The second-order valence-corrected chi connectivity index (χ2v) is 9.47. The van der Waals surface area contributed by atoms with Gasteiger partial charge in [0.1, 0.15) is 24.3 Å². The quantitative estimate of drug-likeness (QED) is 0.417. The first-order valence-corrected chi connectivity index (χ1v) is 12.1. The topological polar surface area (TPSA) is 67.6 Å². The Morgan fingerprint density at radius 1 is 1.03 bits per heavy atom. The van der Waals surface area contributed by atoms with Crippen molar-refractivity contribution in [1.82, 2.24) is 9.55 Å². The number of carbonyl (C=O) groups excluding carboxylic acids is 1. The molecule has 1 aliphatic rings. The summed E-state index contributed by atoms with van der Waals surface area (Å²) in [6.45, 7) is 7.20. The number of hydrogen-bond acceptors (Lipinski definition) is 4. The number of amides is 1. The van der Waals surface area contributed by atoms with Crippen LogP contribution in [-0.4, -0.2) is 39.8 Å². The van der Waals surface area contributed by atoms with Gasteiger partial charge in [0.05, 0.1) is 17.6 Å². The standard InChI is InChI=1S/C29H31N3O3/c1-19-11-13-23(14-12-19)31-16-22(15-28(31)34)29-30-25-8-4-5-9-26(25)32(29)17-24(33)18-35-27-10-6-7-20(2)21(27)3/h4-14,22,24,33H,15-18H2,1-3H3/t22-,24-/m0/s1. The van der Waals surface area contributed by atoms with Crippen LogP contribution in [0, 0.1) is 20.8 Å². The highest BCUT2D eigenvalue weighted by Gasteiger charge is 2.35. The van der Waals surface area contributed by atoms with E-state index in [0.717, 1.165) is 45.0 Å². The van der Waals surface area contributed by atoms with Crippen LogP contribution in [0.3, 0.4) is 0 Å². The number of para-hydroxylation sites is 2. The number of rotatable bonds is 7. The Bertz CT molecular complexity index is 1360. The highest BCUT2D eigenvalue weighted by atomic mass is 16.5. The van der Waals surface area contributed by atoms with E-state index < -0.39 is 6.10 Å². The molecule has 0 spiro atoms. The number of benzene rings is 3. The van der Waals surface area contributed by atoms with Crippen molar-refractivity contribution in [1.29, 1.82) is 0 Å². The zero-order valence-corrected chi connectivity index (χ0v) is 20.4. The molecular weight excluding hydrogens is 438 g/mol. The summed E-state index contributed by atoms with van der Waals surface area (Å²) in [5.41, 5.74) is 6.13. The molecule has 35 heavy (non-hydrogen) atoms. The zero-order chi connectivity index (χ0) is 24.5. The van der Waals surface area contributed by atoms with Crippen molar-refractivity contribution in [2.24, 2.45) is 0 Å². The Balaban J connectivity index is 1.38. The van der Waals surface area contributed by atoms with Crippen molar-refractivity contribution in [2.45, 2.75) is 45.8 Å². The minimum atomic E-state index is -0.725. The van der Waals surface area contributed by atoms with Crippen molar-refractivity contribution >= 4 is 22.6 Å². The molecule has 2 atom stereocenters. The molecule has 6 nitrogen and oxygen atoms in total. The van der Waals surface area contributed by atoms with E-state index in [1.807, 2.05) is 92.4 Å². The lowest BCUT2D eigenvalue weighted by Gasteiger charge is -2.19. The molecule has 2 heterocycles. The minimum absolute atomic E-state index is 0.0525. The van der Waals surface area contributed by atoms with Crippen LogP contribution in [0.4, 0.5) is 5.69 Å². The van der Waals surface area contributed by atoms with Crippen LogP contribution in [-0.2, 0) is 11.3 Å². The van der Waals surface area contributed by atoms with Gasteiger partial charge in [-0.1, -0.05) is 42.0 Å². The second-order valence-electron chi connectivity index (χ2n) is 9.47. The van der Waals surface area contributed by atoms with Crippen LogP contribution < -0.4 is 9.64 Å². The highest BCUT2D eigenvalue weighted by molar-refractivity contribution is 5.96. The first kappa shape index (κ1) is 23.1. The number of aliphatic hydroxyl groups is 1. The summed E-state index contributed by atoms with van der Waals surface area (Å²) in [6.07, 6.45) is -0.330. The van der Waals surface area contributed by atoms with Crippen LogP contribution in [0.1, 0.15) is 34.9 Å². The van der Waals surface area contributed by atoms with Gasteiger partial charge in [-0.2, -0.15) is 0 Å². The van der Waals surface area contributed by atoms with Crippen LogP contribution >= 0.6 is 0 Å². The second kappa shape index (κ2) is 9.55. The molecule has 1 amide bonds. The number of ether oxygens (including phenoxy) is 1. The lowest BCUT2D eigenvalue weighted by atomic mass is 10.1. The van der Waals surface area contributed by atoms with Gasteiger partial charge in [0.25, 0.3) is 0 Å². The summed E-state index contributed by atoms with van der Waals surface area (Å²) in [7, 11) is 0. The van der Waals surface area contributed by atoms with Crippen LogP contribution in [0.5, 0.6) is 5.75 Å². The molecule has 1 fully saturated rings. The Kier molecular flexibility index (Phi) is 6.31. The molecule has 1 saturated heterocycles. The van der Waals surface area contributed by atoms with Crippen molar-refractivity contribution in [3.05, 3.63) is 89.2 Å². The summed E-state index contributed by atoms with van der Waals surface area (Å²) in [5.74, 6) is 1.66. The monoisotopic (exact) mass is 469 g/mol. The summed E-state index contributed by atoms with van der Waals surface area (Å²) < 4.78 is 8.02. The summed E-state index contributed by atoms with van der Waals surface area (Å²) in [6, 6.07) is 21.9. The van der Waals surface area contributed by atoms with Gasteiger partial charge < -0.3 is 19.3 Å². The molecule has 1 aromatic heterocycles. The molecule has 1 N–H and O–H groups in total. The molecule has 0 saturated carbocycles. The van der Waals surface area contributed by atoms with Gasteiger partial charge in [-0.15, -0.1) is 0 Å². The molecule has 0 aliphatic carbocycles. The van der Waals surface area contributed by atoms with E-state index in [4.69, 9.17) is 9.72 Å². The van der Waals surface area contributed by atoms with Crippen molar-refractivity contribution < 1.29 is 14.6 Å². The molecule has 6 heteroatoms. The Morgan fingerprint density at radius 3 is 2.60 bits per heavy atom. The van der Waals surface area contributed by atoms with Crippen LogP contribution in [0.25, 0.3) is 11.0 Å². The number of aryl methyl sites for hydroxylation is 2. The number of aromatic nitrogens is 2. The lowest BCUT2D eigenvalue weighted by molar-refractivity contribution is -0.117. The minimum Gasteiger partial charge on any atom is -0.491 e. The van der Waals surface area contributed by atoms with Crippen molar-refractivity contribution in [3.8, 4) is 5.75 Å². The number of imidazole rings is 1. The molecule has 180 valence electrons. The predicted molar refractivity (Wildman–Crippen MR) is 138 cm³/mol. The maximum absolute atomic E-state index is 12.9. The van der Waals surface area contributed by atoms with E-state index in [-0.39, 0.29) is 18.4 Å². The number of aliphatic hydroxyl groups excluding tert-OH is 1. The van der Waals surface area contributed by atoms with Crippen LogP contribution in [0.2, 0.25) is 0 Å². The fraction of sp³-hybridized carbons (Fsp3) is 0.310. The third-order valence-electron chi connectivity index (χ3n) is 6.90. The first-order valence-electron chi connectivity index (χ1n) is 12.1. The normalized spacial score (nSPS) is 16.7. The third-order valence-corrected chi connectivity index (χ3v) is 6.90. The molecule has 3 aromatic carbocycles. The molecule has 0 bridgehead atoms. The maximum Gasteiger partial charge on any atom is 0.227 e. The highest BCUT2D eigenvalue weighted by Crippen LogP contribution is 2.33. The van der Waals surface area contributed by atoms with Gasteiger partial charge in [0.2, 0.25) is 5.91 Å².